The van der Waals surface area contributed by atoms with Gasteiger partial charge in [0, 0.05) is 32.3 Å². The second-order valence-corrected chi connectivity index (χ2v) is 6.23. The fourth-order valence-electron chi connectivity index (χ4n) is 2.84. The molecule has 0 aromatic carbocycles. The number of likely N-dealkylation sites (tertiary alicyclic amines) is 1. The van der Waals surface area contributed by atoms with Crippen molar-refractivity contribution in [1.29, 1.82) is 0 Å². The predicted octanol–water partition coefficient (Wildman–Crippen LogP) is 2.65. The molecule has 0 aromatic rings. The Balaban J connectivity index is 2.55. The van der Waals surface area contributed by atoms with Crippen molar-refractivity contribution in [2.75, 3.05) is 26.7 Å². The summed E-state index contributed by atoms with van der Waals surface area (Å²) in [6.45, 7) is 12.4. The van der Waals surface area contributed by atoms with Crippen LogP contribution in [0.3, 0.4) is 0 Å². The fraction of sp³-hybridized carbons (Fsp3) is 1.00. The zero-order valence-electron chi connectivity index (χ0n) is 13.0. The van der Waals surface area contributed by atoms with E-state index in [0.29, 0.717) is 12.1 Å². The topological polar surface area (TPSA) is 24.5 Å². The minimum Gasteiger partial charge on any atom is -0.377 e. The smallest absolute Gasteiger partial charge is 0.0777 e. The van der Waals surface area contributed by atoms with Gasteiger partial charge in [0.25, 0.3) is 0 Å². The Labute approximate surface area is 113 Å². The van der Waals surface area contributed by atoms with Crippen LogP contribution in [-0.2, 0) is 4.74 Å². The van der Waals surface area contributed by atoms with Crippen molar-refractivity contribution in [2.24, 2.45) is 0 Å². The molecule has 108 valence electrons. The fourth-order valence-corrected chi connectivity index (χ4v) is 2.84. The Kier molecular flexibility index (Phi) is 6.61. The summed E-state index contributed by atoms with van der Waals surface area (Å²) < 4.78 is 5.70. The van der Waals surface area contributed by atoms with Crippen LogP contribution in [0, 0.1) is 0 Å². The summed E-state index contributed by atoms with van der Waals surface area (Å²) in [5, 5.41) is 3.59. The molecule has 0 aliphatic carbocycles. The zero-order valence-corrected chi connectivity index (χ0v) is 13.0. The van der Waals surface area contributed by atoms with Crippen LogP contribution < -0.4 is 5.32 Å². The average Bonchev–Trinajstić information content (AvgIpc) is 2.34. The quantitative estimate of drug-likeness (QED) is 0.758. The maximum absolute atomic E-state index is 5.70. The Hall–Kier alpha value is -0.120. The van der Waals surface area contributed by atoms with Gasteiger partial charge in [-0.2, -0.15) is 0 Å². The van der Waals surface area contributed by atoms with Crippen LogP contribution in [0.25, 0.3) is 0 Å². The van der Waals surface area contributed by atoms with Gasteiger partial charge >= 0.3 is 0 Å². The van der Waals surface area contributed by atoms with Crippen molar-refractivity contribution in [3.8, 4) is 0 Å². The maximum atomic E-state index is 5.70. The Bertz CT molecular complexity index is 233. The summed E-state index contributed by atoms with van der Waals surface area (Å²) in [7, 11) is 1.85. The summed E-state index contributed by atoms with van der Waals surface area (Å²) in [4.78, 5) is 2.63. The van der Waals surface area contributed by atoms with E-state index in [1.54, 1.807) is 0 Å². The summed E-state index contributed by atoms with van der Waals surface area (Å²) in [5.74, 6) is 0. The molecule has 18 heavy (non-hydrogen) atoms. The molecule has 3 heteroatoms. The van der Waals surface area contributed by atoms with Crippen molar-refractivity contribution in [3.63, 3.8) is 0 Å². The van der Waals surface area contributed by atoms with Gasteiger partial charge in [0.15, 0.2) is 0 Å². The van der Waals surface area contributed by atoms with E-state index >= 15 is 0 Å². The summed E-state index contributed by atoms with van der Waals surface area (Å²) in [6.07, 6.45) is 4.98. The number of methoxy groups -OCH3 is 1. The van der Waals surface area contributed by atoms with Crippen LogP contribution in [0.1, 0.15) is 53.4 Å². The number of rotatable bonds is 7. The molecule has 2 atom stereocenters. The third-order valence-corrected chi connectivity index (χ3v) is 4.08. The first-order chi connectivity index (χ1) is 8.50. The van der Waals surface area contributed by atoms with Gasteiger partial charge in [-0.15, -0.1) is 0 Å². The van der Waals surface area contributed by atoms with Crippen molar-refractivity contribution in [3.05, 3.63) is 0 Å². The molecule has 3 nitrogen and oxygen atoms in total. The number of nitrogens with zero attached hydrogens (tertiary/aromatic N) is 1. The molecule has 1 aliphatic heterocycles. The molecule has 1 rings (SSSR count). The molecule has 2 unspecified atom stereocenters. The van der Waals surface area contributed by atoms with Gasteiger partial charge in [0.1, 0.15) is 0 Å². The Morgan fingerprint density at radius 1 is 1.39 bits per heavy atom. The first-order valence-corrected chi connectivity index (χ1v) is 7.53. The van der Waals surface area contributed by atoms with Crippen molar-refractivity contribution in [2.45, 2.75) is 71.1 Å². The normalized spacial score (nSPS) is 27.7. The molecule has 0 spiro atoms. The van der Waals surface area contributed by atoms with Crippen LogP contribution >= 0.6 is 0 Å². The summed E-state index contributed by atoms with van der Waals surface area (Å²) in [6, 6.07) is 1.23. The van der Waals surface area contributed by atoms with Crippen LogP contribution in [-0.4, -0.2) is 49.3 Å². The van der Waals surface area contributed by atoms with Crippen molar-refractivity contribution in [1.82, 2.24) is 10.2 Å². The van der Waals surface area contributed by atoms with E-state index in [9.17, 15) is 0 Å². The highest BCUT2D eigenvalue weighted by Crippen LogP contribution is 2.26. The molecular formula is C15H32N2O. The second kappa shape index (κ2) is 7.46. The standard InChI is InChI=1S/C15H32N2O/c1-6-8-14(11-16-13(2)3)17-10-7-9-15(4,12-17)18-5/h13-14,16H,6-12H2,1-5H3. The molecular weight excluding hydrogens is 224 g/mol. The lowest BCUT2D eigenvalue weighted by atomic mass is 9.92. The first-order valence-electron chi connectivity index (χ1n) is 7.53. The minimum absolute atomic E-state index is 0.0576. The van der Waals surface area contributed by atoms with E-state index in [1.807, 2.05) is 7.11 Å². The molecule has 1 fully saturated rings. The van der Waals surface area contributed by atoms with Gasteiger partial charge in [-0.1, -0.05) is 27.2 Å². The molecule has 0 bridgehead atoms. The lowest BCUT2D eigenvalue weighted by molar-refractivity contribution is -0.0619. The van der Waals surface area contributed by atoms with Crippen LogP contribution in [0.15, 0.2) is 0 Å². The molecule has 0 saturated carbocycles. The lowest BCUT2D eigenvalue weighted by Crippen LogP contribution is -2.54. The largest absolute Gasteiger partial charge is 0.377 e. The third-order valence-electron chi connectivity index (χ3n) is 4.08. The van der Waals surface area contributed by atoms with Gasteiger partial charge in [-0.05, 0) is 32.7 Å². The van der Waals surface area contributed by atoms with Crippen LogP contribution in [0.5, 0.6) is 0 Å². The molecule has 1 saturated heterocycles. The van der Waals surface area contributed by atoms with Crippen LogP contribution in [0.2, 0.25) is 0 Å². The predicted molar refractivity (Wildman–Crippen MR) is 78.1 cm³/mol. The number of hydrogen-bond donors (Lipinski definition) is 1. The maximum Gasteiger partial charge on any atom is 0.0777 e. The number of nitrogens with one attached hydrogen (secondary N) is 1. The highest BCUT2D eigenvalue weighted by atomic mass is 16.5. The third kappa shape index (κ3) is 4.87. The second-order valence-electron chi connectivity index (χ2n) is 6.23. The zero-order chi connectivity index (χ0) is 13.6. The molecule has 0 amide bonds. The van der Waals surface area contributed by atoms with Gasteiger partial charge < -0.3 is 10.1 Å². The molecule has 1 N–H and O–H groups in total. The van der Waals surface area contributed by atoms with E-state index < -0.39 is 0 Å². The number of piperidine rings is 1. The van der Waals surface area contributed by atoms with Gasteiger partial charge in [0.2, 0.25) is 0 Å². The lowest BCUT2D eigenvalue weighted by Gasteiger charge is -2.43. The SMILES string of the molecule is CCCC(CNC(C)C)N1CCCC(C)(OC)C1. The Morgan fingerprint density at radius 3 is 2.67 bits per heavy atom. The molecule has 1 aliphatic rings. The monoisotopic (exact) mass is 256 g/mol. The van der Waals surface area contributed by atoms with Crippen LogP contribution in [0.4, 0.5) is 0 Å². The molecule has 1 heterocycles. The van der Waals surface area contributed by atoms with E-state index in [2.05, 4.69) is 37.9 Å². The van der Waals surface area contributed by atoms with Crippen molar-refractivity contribution < 1.29 is 4.74 Å². The summed E-state index contributed by atoms with van der Waals surface area (Å²) >= 11 is 0. The highest BCUT2D eigenvalue weighted by molar-refractivity contribution is 4.88. The minimum atomic E-state index is 0.0576. The van der Waals surface area contributed by atoms with E-state index in [4.69, 9.17) is 4.74 Å². The highest BCUT2D eigenvalue weighted by Gasteiger charge is 2.33. The summed E-state index contributed by atoms with van der Waals surface area (Å²) in [5.41, 5.74) is 0.0576. The van der Waals surface area contributed by atoms with E-state index in [0.717, 1.165) is 13.1 Å². The van der Waals surface area contributed by atoms with E-state index in [-0.39, 0.29) is 5.60 Å². The number of ether oxygens (including phenoxy) is 1. The van der Waals surface area contributed by atoms with Gasteiger partial charge in [0.05, 0.1) is 5.60 Å². The molecule has 0 radical (unpaired) electrons. The van der Waals surface area contributed by atoms with Crippen molar-refractivity contribution >= 4 is 0 Å². The first kappa shape index (κ1) is 15.9. The number of hydrogen-bond acceptors (Lipinski definition) is 3. The van der Waals surface area contributed by atoms with Gasteiger partial charge in [-0.3, -0.25) is 4.90 Å². The van der Waals surface area contributed by atoms with E-state index in [1.165, 1.54) is 32.2 Å². The van der Waals surface area contributed by atoms with Gasteiger partial charge in [-0.25, -0.2) is 0 Å². The Morgan fingerprint density at radius 2 is 2.11 bits per heavy atom. The molecule has 0 aromatic heterocycles. The average molecular weight is 256 g/mol.